The summed E-state index contributed by atoms with van der Waals surface area (Å²) in [6.07, 6.45) is 7.86. The molecule has 2 aromatic heterocycles. The quantitative estimate of drug-likeness (QED) is 0.447. The Hall–Kier alpha value is -3.20. The second kappa shape index (κ2) is 10.5. The van der Waals surface area contributed by atoms with Crippen LogP contribution in [0.3, 0.4) is 0 Å². The monoisotopic (exact) mass is 538 g/mol. The molecule has 8 nitrogen and oxygen atoms in total. The van der Waals surface area contributed by atoms with Crippen LogP contribution in [0.1, 0.15) is 48.5 Å². The average molecular weight is 539 g/mol. The third-order valence-corrected chi connectivity index (χ3v) is 8.36. The zero-order chi connectivity index (χ0) is 26.2. The zero-order valence-electron chi connectivity index (χ0n) is 21.5. The zero-order valence-corrected chi connectivity index (χ0v) is 22.3. The van der Waals surface area contributed by atoms with Crippen molar-refractivity contribution in [1.82, 2.24) is 24.8 Å². The van der Waals surface area contributed by atoms with Crippen molar-refractivity contribution in [3.8, 4) is 5.75 Å². The second-order valence-electron chi connectivity index (χ2n) is 10.7. The van der Waals surface area contributed by atoms with E-state index in [-0.39, 0.29) is 12.3 Å². The third-order valence-electron chi connectivity index (χ3n) is 8.16. The number of imidazole rings is 1. The SMILES string of the molecule is Cc1nc2c([nH]1)CN(C(=O)Cc1ccc(OCC[C@@H]3C[C@@H]3C3CCN(c4ncc(Cl)cn4)CC3)cc1F)C2. The van der Waals surface area contributed by atoms with E-state index in [1.165, 1.54) is 12.5 Å². The fraction of sp³-hybridized carbons (Fsp3) is 0.500. The lowest BCUT2D eigenvalue weighted by Gasteiger charge is -2.32. The van der Waals surface area contributed by atoms with Crippen molar-refractivity contribution < 1.29 is 13.9 Å². The smallest absolute Gasteiger partial charge is 0.227 e. The van der Waals surface area contributed by atoms with Crippen molar-refractivity contribution in [2.75, 3.05) is 24.6 Å². The number of H-pyrrole nitrogens is 1. The van der Waals surface area contributed by atoms with Gasteiger partial charge in [-0.3, -0.25) is 4.79 Å². The lowest BCUT2D eigenvalue weighted by atomic mass is 9.90. The first-order valence-electron chi connectivity index (χ1n) is 13.4. The van der Waals surface area contributed by atoms with Gasteiger partial charge in [-0.25, -0.2) is 19.3 Å². The number of carbonyl (C=O) groups excluding carboxylic acids is 1. The Balaban J connectivity index is 0.919. The topological polar surface area (TPSA) is 87.2 Å². The maximum atomic E-state index is 14.7. The standard InChI is InChI=1S/C28H32ClFN6O2/c1-17-33-25-15-36(16-26(25)34-17)27(37)11-20-2-3-22(12-24(20)30)38-9-6-19-10-23(19)18-4-7-35(8-5-18)28-31-13-21(29)14-32-28/h2-3,12-14,18-19,23H,4-11,15-16H2,1H3,(H,33,34)/t19-,23-/m1/s1. The van der Waals surface area contributed by atoms with Crippen molar-refractivity contribution in [2.45, 2.75) is 52.1 Å². The Kier molecular flexibility index (Phi) is 6.95. The number of fused-ring (bicyclic) bond motifs is 1. The Morgan fingerprint density at radius 1 is 1.21 bits per heavy atom. The lowest BCUT2D eigenvalue weighted by Crippen LogP contribution is -2.35. The van der Waals surface area contributed by atoms with E-state index in [1.54, 1.807) is 29.4 Å². The number of halogens is 2. The molecule has 3 aromatic rings. The van der Waals surface area contributed by atoms with E-state index in [1.807, 2.05) is 6.92 Å². The molecular formula is C28H32ClFN6O2. The predicted octanol–water partition coefficient (Wildman–Crippen LogP) is 4.71. The highest BCUT2D eigenvalue weighted by atomic mass is 35.5. The van der Waals surface area contributed by atoms with E-state index in [2.05, 4.69) is 24.8 Å². The molecule has 2 aliphatic heterocycles. The summed E-state index contributed by atoms with van der Waals surface area (Å²) in [6, 6.07) is 4.83. The average Bonchev–Trinajstić information content (AvgIpc) is 3.44. The molecule has 200 valence electrons. The summed E-state index contributed by atoms with van der Waals surface area (Å²) in [6.45, 7) is 5.39. The molecule has 1 aromatic carbocycles. The number of aromatic nitrogens is 4. The molecule has 38 heavy (non-hydrogen) atoms. The van der Waals surface area contributed by atoms with Crippen molar-refractivity contribution >= 4 is 23.5 Å². The van der Waals surface area contributed by atoms with E-state index in [9.17, 15) is 9.18 Å². The number of nitrogens with one attached hydrogen (secondary N) is 1. The molecule has 0 bridgehead atoms. The summed E-state index contributed by atoms with van der Waals surface area (Å²) in [5.41, 5.74) is 2.26. The van der Waals surface area contributed by atoms with Gasteiger partial charge in [-0.1, -0.05) is 17.7 Å². The number of benzene rings is 1. The van der Waals surface area contributed by atoms with Crippen molar-refractivity contribution in [1.29, 1.82) is 0 Å². The van der Waals surface area contributed by atoms with Gasteiger partial charge in [-0.05, 0) is 62.0 Å². The summed E-state index contributed by atoms with van der Waals surface area (Å²) in [5, 5.41) is 0.558. The normalized spacial score (nSPS) is 21.0. The van der Waals surface area contributed by atoms with Gasteiger partial charge in [0.05, 0.1) is 54.9 Å². The van der Waals surface area contributed by atoms with Crippen LogP contribution < -0.4 is 9.64 Å². The van der Waals surface area contributed by atoms with E-state index in [0.29, 0.717) is 41.9 Å². The summed E-state index contributed by atoms with van der Waals surface area (Å²) in [4.78, 5) is 32.9. The number of carbonyl (C=O) groups is 1. The number of hydrogen-bond acceptors (Lipinski definition) is 6. The molecule has 3 aliphatic rings. The summed E-state index contributed by atoms with van der Waals surface area (Å²) in [7, 11) is 0. The van der Waals surface area contributed by atoms with Gasteiger partial charge in [0.1, 0.15) is 17.4 Å². The number of rotatable bonds is 8. The van der Waals surface area contributed by atoms with Crippen molar-refractivity contribution in [3.63, 3.8) is 0 Å². The molecule has 10 heteroatoms. The molecule has 1 N–H and O–H groups in total. The van der Waals surface area contributed by atoms with Crippen molar-refractivity contribution in [2.24, 2.45) is 17.8 Å². The molecule has 2 fully saturated rings. The van der Waals surface area contributed by atoms with E-state index >= 15 is 0 Å². The second-order valence-corrected chi connectivity index (χ2v) is 11.2. The maximum absolute atomic E-state index is 14.7. The lowest BCUT2D eigenvalue weighted by molar-refractivity contribution is -0.131. The van der Waals surface area contributed by atoms with Crippen LogP contribution in [0, 0.1) is 30.5 Å². The number of ether oxygens (including phenoxy) is 1. The van der Waals surface area contributed by atoms with Gasteiger partial charge in [0, 0.05) is 19.2 Å². The van der Waals surface area contributed by atoms with Crippen LogP contribution in [-0.4, -0.2) is 50.4 Å². The molecule has 0 radical (unpaired) electrons. The minimum Gasteiger partial charge on any atom is -0.493 e. The number of hydrogen-bond donors (Lipinski definition) is 1. The number of nitrogens with zero attached hydrogens (tertiary/aromatic N) is 5. The largest absolute Gasteiger partial charge is 0.493 e. The Morgan fingerprint density at radius 2 is 2.00 bits per heavy atom. The maximum Gasteiger partial charge on any atom is 0.227 e. The number of piperidine rings is 1. The van der Waals surface area contributed by atoms with Crippen LogP contribution >= 0.6 is 11.6 Å². The van der Waals surface area contributed by atoms with E-state index in [4.69, 9.17) is 16.3 Å². The first-order valence-corrected chi connectivity index (χ1v) is 13.8. The molecule has 0 spiro atoms. The highest BCUT2D eigenvalue weighted by Gasteiger charge is 2.43. The molecule has 0 unspecified atom stereocenters. The molecule has 1 saturated carbocycles. The number of aromatic amines is 1. The van der Waals surface area contributed by atoms with Crippen LogP contribution in [0.25, 0.3) is 0 Å². The Bertz CT molecular complexity index is 1280. The Morgan fingerprint density at radius 3 is 2.74 bits per heavy atom. The van der Waals surface area contributed by atoms with Gasteiger partial charge in [0.15, 0.2) is 0 Å². The number of anilines is 1. The molecule has 6 rings (SSSR count). The van der Waals surface area contributed by atoms with Crippen LogP contribution in [-0.2, 0) is 24.3 Å². The van der Waals surface area contributed by atoms with Gasteiger partial charge < -0.3 is 19.5 Å². The molecule has 1 amide bonds. The minimum atomic E-state index is -0.400. The number of aryl methyl sites for hydroxylation is 1. The van der Waals surface area contributed by atoms with E-state index < -0.39 is 5.82 Å². The molecular weight excluding hydrogens is 507 g/mol. The molecule has 4 heterocycles. The minimum absolute atomic E-state index is 0.0298. The first-order chi connectivity index (χ1) is 18.4. The molecule has 2 atom stereocenters. The first kappa shape index (κ1) is 25.1. The molecule has 1 saturated heterocycles. The third kappa shape index (κ3) is 5.48. The summed E-state index contributed by atoms with van der Waals surface area (Å²) in [5.74, 6) is 3.79. The fourth-order valence-corrected chi connectivity index (χ4v) is 6.09. The Labute approximate surface area is 226 Å². The van der Waals surface area contributed by atoms with Crippen molar-refractivity contribution in [3.05, 3.63) is 64.2 Å². The van der Waals surface area contributed by atoms with Gasteiger partial charge >= 0.3 is 0 Å². The van der Waals surface area contributed by atoms with Crippen LogP contribution in [0.15, 0.2) is 30.6 Å². The van der Waals surface area contributed by atoms with Crippen LogP contribution in [0.4, 0.5) is 10.3 Å². The summed E-state index contributed by atoms with van der Waals surface area (Å²) < 4.78 is 20.6. The molecule has 1 aliphatic carbocycles. The highest BCUT2D eigenvalue weighted by molar-refractivity contribution is 6.30. The van der Waals surface area contributed by atoms with Gasteiger partial charge in [-0.2, -0.15) is 0 Å². The van der Waals surface area contributed by atoms with E-state index in [0.717, 1.165) is 67.3 Å². The van der Waals surface area contributed by atoms with Gasteiger partial charge in [0.25, 0.3) is 0 Å². The van der Waals surface area contributed by atoms with Crippen LogP contribution in [0.5, 0.6) is 5.75 Å². The van der Waals surface area contributed by atoms with Crippen LogP contribution in [0.2, 0.25) is 5.02 Å². The van der Waals surface area contributed by atoms with Gasteiger partial charge in [-0.15, -0.1) is 0 Å². The highest BCUT2D eigenvalue weighted by Crippen LogP contribution is 2.49. The van der Waals surface area contributed by atoms with Gasteiger partial charge in [0.2, 0.25) is 11.9 Å². The number of amides is 1. The fourth-order valence-electron chi connectivity index (χ4n) is 5.99. The predicted molar refractivity (Wildman–Crippen MR) is 141 cm³/mol. The summed E-state index contributed by atoms with van der Waals surface area (Å²) >= 11 is 5.90.